The molecule has 1 aromatic carbocycles. The molecule has 0 N–H and O–H groups in total. The Hall–Kier alpha value is -1.02. The molecule has 75 heavy (non-hydrogen) atoms. The normalized spacial score (nSPS) is 15.4. The summed E-state index contributed by atoms with van der Waals surface area (Å²) < 4.78 is 21.1. The van der Waals surface area contributed by atoms with E-state index in [4.69, 9.17) is 9.47 Å². The molecule has 16 heteroatoms. The molecule has 0 saturated carbocycles. The quantitative estimate of drug-likeness (QED) is 0.0384. The molecule has 6 heterocycles. The second kappa shape index (κ2) is 28.6. The summed E-state index contributed by atoms with van der Waals surface area (Å²) >= 11 is 9.10. The van der Waals surface area contributed by atoms with Gasteiger partial charge in [-0.05, 0) is 56.5 Å². The zero-order chi connectivity index (χ0) is 54.4. The summed E-state index contributed by atoms with van der Waals surface area (Å²) in [5.41, 5.74) is 1.44. The van der Waals surface area contributed by atoms with E-state index in [0.29, 0.717) is 52.7 Å². The Morgan fingerprint density at radius 3 is 1.09 bits per heavy atom. The van der Waals surface area contributed by atoms with Crippen molar-refractivity contribution in [3.63, 3.8) is 0 Å². The second-order valence-corrected chi connectivity index (χ2v) is 60.2. The summed E-state index contributed by atoms with van der Waals surface area (Å²) in [5.74, 6) is 1.63. The van der Waals surface area contributed by atoms with Gasteiger partial charge in [0.1, 0.15) is 0 Å². The van der Waals surface area contributed by atoms with Gasteiger partial charge in [-0.15, -0.1) is 22.7 Å². The van der Waals surface area contributed by atoms with Gasteiger partial charge in [-0.1, -0.05) is 73.6 Å². The van der Waals surface area contributed by atoms with Gasteiger partial charge in [0.15, 0.2) is 0 Å². The van der Waals surface area contributed by atoms with Gasteiger partial charge in [-0.2, -0.15) is 0 Å². The summed E-state index contributed by atoms with van der Waals surface area (Å²) in [4.78, 5) is 73.2. The number of ether oxygens (including phenoxy) is 2. The molecular weight excluding hydrogens is 1360 g/mol. The van der Waals surface area contributed by atoms with Gasteiger partial charge < -0.3 is 0 Å². The van der Waals surface area contributed by atoms with Gasteiger partial charge >= 0.3 is 239 Å². The van der Waals surface area contributed by atoms with E-state index in [1.54, 1.807) is 5.79 Å². The van der Waals surface area contributed by atoms with E-state index in [-0.39, 0.29) is 55.1 Å². The van der Waals surface area contributed by atoms with Gasteiger partial charge in [0, 0.05) is 13.1 Å². The minimum atomic E-state index is -2.28. The molecule has 8 nitrogen and oxygen atoms in total. The molecule has 0 fully saturated rings. The van der Waals surface area contributed by atoms with E-state index in [1.807, 2.05) is 22.7 Å². The summed E-state index contributed by atoms with van der Waals surface area (Å²) in [6, 6.07) is 5.02. The monoisotopic (exact) mass is 1450 g/mol. The molecule has 0 saturated heterocycles. The van der Waals surface area contributed by atoms with Crippen molar-refractivity contribution >= 4 is 164 Å². The summed E-state index contributed by atoms with van der Waals surface area (Å²) in [5, 5.41) is 2.64. The van der Waals surface area contributed by atoms with Gasteiger partial charge in [-0.25, -0.2) is 0 Å². The van der Waals surface area contributed by atoms with Crippen LogP contribution in [0.5, 0.6) is 11.5 Å². The molecule has 4 unspecified atom stereocenters. The molecule has 4 atom stereocenters. The van der Waals surface area contributed by atoms with Crippen molar-refractivity contribution in [1.82, 2.24) is 9.80 Å². The fourth-order valence-corrected chi connectivity index (χ4v) is 26.5. The standard InChI is InChI=1S/C28H34Br2N2O4S2.C24H32O2S2.CH4.6CH3.2Sn/c1-5-9-11-15(7-3)13-31-25(33)17-19(27(31)35)23(29)37-21(17)22-18-20(24(30)38-22)28(36)32(26(18)34)14-16(8-4)12-10-6-2;1-5-9-11-17(7-3)25-21-19-13-15-28-24(19)22(20-14-16-27-23(20)21)26-18(8-4)12-10-6-2;;;;;;;;;/h15-16H,5-14H2,1-4H3;13-14,17-18H,5-12H2,1-4H3;1H4;6*1H3;;. The van der Waals surface area contributed by atoms with E-state index >= 15 is 0 Å². The van der Waals surface area contributed by atoms with Crippen LogP contribution in [0.4, 0.5) is 0 Å². The zero-order valence-corrected chi connectivity index (χ0v) is 59.1. The van der Waals surface area contributed by atoms with Crippen LogP contribution in [0, 0.1) is 11.8 Å². The number of amides is 4. The van der Waals surface area contributed by atoms with E-state index in [2.05, 4.69) is 129 Å². The van der Waals surface area contributed by atoms with Crippen LogP contribution < -0.4 is 15.3 Å². The van der Waals surface area contributed by atoms with Crippen LogP contribution >= 0.6 is 77.2 Å². The third-order valence-corrected chi connectivity index (χ3v) is 39.8. The molecule has 4 aromatic heterocycles. The molecular formula is C59H88Br2N2O6S4Sn2. The first-order chi connectivity index (χ1) is 35.1. The topological polar surface area (TPSA) is 93.2 Å². The number of unbranched alkanes of at least 4 members (excludes halogenated alkanes) is 4. The van der Waals surface area contributed by atoms with Crippen molar-refractivity contribution in [3.8, 4) is 21.3 Å². The number of halogens is 2. The third-order valence-electron chi connectivity index (χ3n) is 14.8. The summed E-state index contributed by atoms with van der Waals surface area (Å²) in [6.45, 7) is 18.4. The van der Waals surface area contributed by atoms with Crippen LogP contribution in [0.1, 0.15) is 207 Å². The van der Waals surface area contributed by atoms with E-state index < -0.39 is 36.8 Å². The molecule has 0 spiro atoms. The van der Waals surface area contributed by atoms with Crippen molar-refractivity contribution < 1.29 is 28.7 Å². The van der Waals surface area contributed by atoms with Gasteiger partial charge in [0.05, 0.1) is 39.6 Å². The fourth-order valence-electron chi connectivity index (χ4n) is 9.89. The van der Waals surface area contributed by atoms with Crippen LogP contribution in [0.2, 0.25) is 29.6 Å². The van der Waals surface area contributed by atoms with Crippen molar-refractivity contribution in [2.24, 2.45) is 11.8 Å². The predicted molar refractivity (Wildman–Crippen MR) is 339 cm³/mol. The van der Waals surface area contributed by atoms with Gasteiger partial charge in [0.2, 0.25) is 0 Å². The van der Waals surface area contributed by atoms with Gasteiger partial charge in [0.25, 0.3) is 23.6 Å². The average molecular weight is 1450 g/mol. The van der Waals surface area contributed by atoms with Crippen LogP contribution in [0.25, 0.3) is 29.9 Å². The van der Waals surface area contributed by atoms with Crippen LogP contribution in [-0.2, 0) is 0 Å². The Morgan fingerprint density at radius 1 is 0.480 bits per heavy atom. The number of fused-ring (bicyclic) bond motifs is 4. The molecule has 5 aromatic rings. The number of imide groups is 2. The van der Waals surface area contributed by atoms with E-state index in [1.165, 1.54) is 78.3 Å². The summed E-state index contributed by atoms with van der Waals surface area (Å²) in [7, 11) is 0. The first-order valence-corrected chi connectivity index (χ1v) is 52.7. The molecule has 2 aliphatic heterocycles. The third kappa shape index (κ3) is 14.5. The average Bonchev–Trinajstić information content (AvgIpc) is 4.22. The molecule has 4 amide bonds. The Kier molecular flexibility index (Phi) is 24.7. The van der Waals surface area contributed by atoms with Crippen molar-refractivity contribution in [1.29, 1.82) is 0 Å². The first-order valence-electron chi connectivity index (χ1n) is 27.9. The van der Waals surface area contributed by atoms with Crippen molar-refractivity contribution in [2.45, 2.75) is 207 Å². The van der Waals surface area contributed by atoms with E-state index in [0.717, 1.165) is 88.5 Å². The van der Waals surface area contributed by atoms with Crippen LogP contribution in [-0.4, -0.2) is 95.5 Å². The zero-order valence-electron chi connectivity index (χ0n) is 46.9. The number of carbonyl (C=O) groups excluding carboxylic acids is 4. The molecule has 0 aliphatic carbocycles. The first kappa shape index (κ1) is 64.8. The number of hydrogen-bond donors (Lipinski definition) is 0. The molecule has 0 bridgehead atoms. The Labute approximate surface area is 492 Å². The number of nitrogens with zero attached hydrogens (tertiary/aromatic N) is 2. The maximum absolute atomic E-state index is 13.7. The van der Waals surface area contributed by atoms with Crippen LogP contribution in [0.3, 0.4) is 0 Å². The SMILES string of the molecule is C.CCCCC(CC)CN1C(=O)c2c(Br)sc(-c3sc(Br)c4c3C(=O)N(CC(CC)CCCC)C4=O)c2C1=O.CCCCC(CC)Oc1c2c[c]([Sn]([CH3])([CH3])[CH3])sc2c(OC(CC)CCCC)c2c[c]([Sn]([CH3])([CH3])[CH3])sc12. The minimum absolute atomic E-state index is 0. The molecule has 2 aliphatic rings. The number of hydrogen-bond acceptors (Lipinski definition) is 10. The molecule has 0 radical (unpaired) electrons. The fraction of sp³-hybridized carbons (Fsp3) is 0.627. The van der Waals surface area contributed by atoms with Gasteiger partial charge in [-0.3, -0.25) is 29.0 Å². The van der Waals surface area contributed by atoms with Crippen LogP contribution in [0.15, 0.2) is 19.7 Å². The second-order valence-electron chi connectivity index (χ2n) is 22.6. The Balaban J connectivity index is 0.000000274. The number of benzene rings is 1. The Morgan fingerprint density at radius 2 is 0.800 bits per heavy atom. The molecule has 7 rings (SSSR count). The summed E-state index contributed by atoms with van der Waals surface area (Å²) in [6.07, 6.45) is 17.8. The molecule has 416 valence electrons. The van der Waals surface area contributed by atoms with Crippen molar-refractivity contribution in [2.75, 3.05) is 13.1 Å². The van der Waals surface area contributed by atoms with Crippen molar-refractivity contribution in [3.05, 3.63) is 42.0 Å². The number of thiophene rings is 4. The maximum atomic E-state index is 13.7. The number of rotatable bonds is 27. The predicted octanol–water partition coefficient (Wildman–Crippen LogP) is 19.2. The Bertz CT molecular complexity index is 2540. The van der Waals surface area contributed by atoms with E-state index in [9.17, 15) is 19.2 Å². The number of carbonyl (C=O) groups is 4.